The number of likely N-dealkylation sites (tertiary alicyclic amines) is 1. The molecule has 0 aliphatic carbocycles. The number of anilines is 1. The number of nitrogens with zero attached hydrogens (tertiary/aromatic N) is 1. The van der Waals surface area contributed by atoms with E-state index in [0.717, 1.165) is 18.2 Å². The zero-order valence-corrected chi connectivity index (χ0v) is 17.4. The quantitative estimate of drug-likeness (QED) is 0.506. The lowest BCUT2D eigenvalue weighted by Gasteiger charge is -2.37. The molecule has 11 heteroatoms. The number of hydrogen-bond acceptors (Lipinski definition) is 3. The predicted octanol–water partition coefficient (Wildman–Crippen LogP) is 5.90. The summed E-state index contributed by atoms with van der Waals surface area (Å²) < 4.78 is 81.5. The Labute approximate surface area is 184 Å². The summed E-state index contributed by atoms with van der Waals surface area (Å²) in [5.74, 6) is -1.72. The Hall–Kier alpha value is -2.46. The lowest BCUT2D eigenvalue weighted by atomic mass is 9.97. The molecule has 0 aromatic heterocycles. The Morgan fingerprint density at radius 3 is 2.34 bits per heavy atom. The summed E-state index contributed by atoms with van der Waals surface area (Å²) in [6, 6.07) is 4.34. The SMILES string of the molecule is Cc1cc([C@H](Nc2ccc(C(F)(F)F)c(CN3CC(C(=O)O)C3)c2)C(F)(F)F)ccc1Cl. The number of aryl methyl sites for hydroxylation is 1. The fourth-order valence-electron chi connectivity index (χ4n) is 3.56. The number of carboxylic acid groups (broad SMARTS) is 1. The monoisotopic (exact) mass is 480 g/mol. The van der Waals surface area contributed by atoms with E-state index in [0.29, 0.717) is 10.6 Å². The molecule has 2 aromatic rings. The van der Waals surface area contributed by atoms with Gasteiger partial charge in [-0.25, -0.2) is 0 Å². The van der Waals surface area contributed by atoms with Gasteiger partial charge in [0.1, 0.15) is 6.04 Å². The molecule has 1 saturated heterocycles. The second kappa shape index (κ2) is 8.82. The number of hydrogen-bond donors (Lipinski definition) is 2. The minimum Gasteiger partial charge on any atom is -0.481 e. The second-order valence-electron chi connectivity index (χ2n) is 7.73. The number of aliphatic carboxylic acids is 1. The van der Waals surface area contributed by atoms with Crippen LogP contribution in [0.15, 0.2) is 36.4 Å². The maximum atomic E-state index is 13.7. The van der Waals surface area contributed by atoms with Crippen LogP contribution in [0.25, 0.3) is 0 Å². The topological polar surface area (TPSA) is 52.6 Å². The number of carboxylic acids is 1. The number of nitrogens with one attached hydrogen (secondary N) is 1. The van der Waals surface area contributed by atoms with Crippen LogP contribution >= 0.6 is 11.6 Å². The molecule has 3 rings (SSSR count). The van der Waals surface area contributed by atoms with Crippen molar-refractivity contribution in [2.45, 2.75) is 31.9 Å². The molecule has 0 amide bonds. The van der Waals surface area contributed by atoms with Gasteiger partial charge < -0.3 is 10.4 Å². The number of halogens is 7. The van der Waals surface area contributed by atoms with Crippen molar-refractivity contribution in [2.24, 2.45) is 5.92 Å². The molecule has 1 heterocycles. The van der Waals surface area contributed by atoms with Gasteiger partial charge in [0, 0.05) is 30.3 Å². The normalized spacial score (nSPS) is 16.5. The van der Waals surface area contributed by atoms with Crippen molar-refractivity contribution in [3.05, 3.63) is 63.7 Å². The van der Waals surface area contributed by atoms with Gasteiger partial charge in [-0.15, -0.1) is 0 Å². The lowest BCUT2D eigenvalue weighted by Crippen LogP contribution is -2.49. The number of rotatable bonds is 6. The van der Waals surface area contributed by atoms with Gasteiger partial charge in [-0.05, 0) is 47.9 Å². The van der Waals surface area contributed by atoms with Crippen molar-refractivity contribution in [3.8, 4) is 0 Å². The van der Waals surface area contributed by atoms with E-state index in [1.54, 1.807) is 6.92 Å². The van der Waals surface area contributed by atoms with Crippen molar-refractivity contribution in [1.82, 2.24) is 4.90 Å². The van der Waals surface area contributed by atoms with E-state index in [1.807, 2.05) is 0 Å². The van der Waals surface area contributed by atoms with Crippen LogP contribution in [0.4, 0.5) is 32.0 Å². The molecule has 0 spiro atoms. The largest absolute Gasteiger partial charge is 0.481 e. The van der Waals surface area contributed by atoms with E-state index < -0.39 is 35.8 Å². The maximum Gasteiger partial charge on any atom is 0.416 e. The molecule has 0 unspecified atom stereocenters. The third kappa shape index (κ3) is 5.47. The maximum absolute atomic E-state index is 13.7. The minimum absolute atomic E-state index is 0.0690. The van der Waals surface area contributed by atoms with Crippen LogP contribution < -0.4 is 5.32 Å². The van der Waals surface area contributed by atoms with Crippen molar-refractivity contribution in [3.63, 3.8) is 0 Å². The van der Waals surface area contributed by atoms with Gasteiger partial charge in [0.05, 0.1) is 11.5 Å². The first-order chi connectivity index (χ1) is 14.8. The van der Waals surface area contributed by atoms with Gasteiger partial charge in [0.2, 0.25) is 0 Å². The van der Waals surface area contributed by atoms with Crippen LogP contribution in [0.3, 0.4) is 0 Å². The highest BCUT2D eigenvalue weighted by molar-refractivity contribution is 6.31. The average molecular weight is 481 g/mol. The molecule has 0 saturated carbocycles. The molecular formula is C21H19ClF6N2O2. The van der Waals surface area contributed by atoms with Crippen molar-refractivity contribution < 1.29 is 36.2 Å². The highest BCUT2D eigenvalue weighted by Crippen LogP contribution is 2.39. The Morgan fingerprint density at radius 2 is 1.81 bits per heavy atom. The first-order valence-corrected chi connectivity index (χ1v) is 9.88. The molecule has 32 heavy (non-hydrogen) atoms. The van der Waals surface area contributed by atoms with Crippen molar-refractivity contribution in [1.29, 1.82) is 0 Å². The summed E-state index contributed by atoms with van der Waals surface area (Å²) in [4.78, 5) is 12.4. The molecule has 2 aromatic carbocycles. The average Bonchev–Trinajstić information content (AvgIpc) is 2.62. The van der Waals surface area contributed by atoms with Crippen LogP contribution in [-0.2, 0) is 17.5 Å². The van der Waals surface area contributed by atoms with Crippen LogP contribution in [0, 0.1) is 12.8 Å². The van der Waals surface area contributed by atoms with Gasteiger partial charge in [-0.3, -0.25) is 9.69 Å². The smallest absolute Gasteiger partial charge is 0.416 e. The molecule has 0 bridgehead atoms. The fourth-order valence-corrected chi connectivity index (χ4v) is 3.67. The number of carbonyl (C=O) groups is 1. The molecule has 0 radical (unpaired) electrons. The number of benzene rings is 2. The Bertz CT molecular complexity index is 1000. The molecule has 2 N–H and O–H groups in total. The first-order valence-electron chi connectivity index (χ1n) is 9.50. The highest BCUT2D eigenvalue weighted by atomic mass is 35.5. The van der Waals surface area contributed by atoms with E-state index in [1.165, 1.54) is 23.1 Å². The first kappa shape index (κ1) is 24.2. The number of alkyl halides is 6. The molecule has 1 aliphatic heterocycles. The van der Waals surface area contributed by atoms with E-state index in [-0.39, 0.29) is 36.4 Å². The molecule has 1 atom stereocenters. The van der Waals surface area contributed by atoms with Gasteiger partial charge in [0.25, 0.3) is 0 Å². The van der Waals surface area contributed by atoms with Crippen LogP contribution in [0.5, 0.6) is 0 Å². The van der Waals surface area contributed by atoms with E-state index in [2.05, 4.69) is 5.32 Å². The summed E-state index contributed by atoms with van der Waals surface area (Å²) >= 11 is 5.89. The molecule has 4 nitrogen and oxygen atoms in total. The van der Waals surface area contributed by atoms with Gasteiger partial charge in [-0.1, -0.05) is 23.7 Å². The van der Waals surface area contributed by atoms with Crippen LogP contribution in [0.2, 0.25) is 5.02 Å². The van der Waals surface area contributed by atoms with E-state index in [4.69, 9.17) is 16.7 Å². The summed E-state index contributed by atoms with van der Waals surface area (Å²) in [7, 11) is 0. The van der Waals surface area contributed by atoms with Crippen LogP contribution in [-0.4, -0.2) is 35.2 Å². The Kier molecular flexibility index (Phi) is 6.67. The van der Waals surface area contributed by atoms with Gasteiger partial charge in [-0.2, -0.15) is 26.3 Å². The summed E-state index contributed by atoms with van der Waals surface area (Å²) in [5, 5.41) is 11.5. The Balaban J connectivity index is 1.90. The fraction of sp³-hybridized carbons (Fsp3) is 0.381. The Morgan fingerprint density at radius 1 is 1.16 bits per heavy atom. The third-order valence-corrected chi connectivity index (χ3v) is 5.69. The lowest BCUT2D eigenvalue weighted by molar-refractivity contribution is -0.148. The third-order valence-electron chi connectivity index (χ3n) is 5.26. The zero-order chi connectivity index (χ0) is 23.8. The summed E-state index contributed by atoms with van der Waals surface area (Å²) in [5.41, 5.74) is -1.06. The standard InChI is InChI=1S/C21H19ClF6N2O2/c1-11-6-12(2-5-17(11)22)18(21(26,27)28)29-15-3-4-16(20(23,24)25)13(7-15)8-30-9-14(10-30)19(31)32/h2-7,14,18,29H,8-10H2,1H3,(H,31,32)/t18-/m0/s1. The van der Waals surface area contributed by atoms with Gasteiger partial charge in [0.15, 0.2) is 0 Å². The van der Waals surface area contributed by atoms with E-state index in [9.17, 15) is 31.1 Å². The van der Waals surface area contributed by atoms with Gasteiger partial charge >= 0.3 is 18.3 Å². The molecule has 174 valence electrons. The zero-order valence-electron chi connectivity index (χ0n) is 16.7. The van der Waals surface area contributed by atoms with E-state index >= 15 is 0 Å². The van der Waals surface area contributed by atoms with Crippen molar-refractivity contribution >= 4 is 23.3 Å². The minimum atomic E-state index is -4.73. The molecular weight excluding hydrogens is 462 g/mol. The molecule has 1 fully saturated rings. The summed E-state index contributed by atoms with van der Waals surface area (Å²) in [6.07, 6.45) is -9.43. The second-order valence-corrected chi connectivity index (χ2v) is 8.13. The summed E-state index contributed by atoms with van der Waals surface area (Å²) in [6.45, 7) is 1.46. The highest BCUT2D eigenvalue weighted by Gasteiger charge is 2.42. The van der Waals surface area contributed by atoms with Crippen molar-refractivity contribution in [2.75, 3.05) is 18.4 Å². The van der Waals surface area contributed by atoms with Crippen LogP contribution in [0.1, 0.15) is 28.3 Å². The predicted molar refractivity (Wildman–Crippen MR) is 106 cm³/mol. The molecule has 1 aliphatic rings.